The van der Waals surface area contributed by atoms with E-state index in [4.69, 9.17) is 9.47 Å². The summed E-state index contributed by atoms with van der Waals surface area (Å²) in [5.74, 6) is 1.25. The fourth-order valence-electron chi connectivity index (χ4n) is 3.43. The van der Waals surface area contributed by atoms with Gasteiger partial charge in [-0.15, -0.1) is 0 Å². The molecular weight excluding hydrogens is 320 g/mol. The minimum atomic E-state index is 0.0144. The zero-order valence-corrected chi connectivity index (χ0v) is 14.9. The van der Waals surface area contributed by atoms with Gasteiger partial charge in [0.25, 0.3) is 0 Å². The molecule has 25 heavy (non-hydrogen) atoms. The molecule has 0 aromatic carbocycles. The molecule has 7 heteroatoms. The number of hydrogen-bond acceptors (Lipinski definition) is 5. The fraction of sp³-hybridized carbons (Fsp3) is 0.667. The number of aromatic nitrogens is 1. The Morgan fingerprint density at radius 1 is 1.32 bits per heavy atom. The Morgan fingerprint density at radius 2 is 2.08 bits per heavy atom. The lowest BCUT2D eigenvalue weighted by molar-refractivity contribution is 0.0258. The number of carbonyl (C=O) groups excluding carboxylic acids is 1. The van der Waals surface area contributed by atoms with E-state index < -0.39 is 0 Å². The van der Waals surface area contributed by atoms with Crippen LogP contribution in [-0.4, -0.2) is 73.9 Å². The Hall–Kier alpha value is -1.86. The maximum atomic E-state index is 12.4. The number of likely N-dealkylation sites (tertiary alicyclic amines) is 1. The van der Waals surface area contributed by atoms with Gasteiger partial charge in [-0.05, 0) is 30.4 Å². The molecule has 0 radical (unpaired) electrons. The smallest absolute Gasteiger partial charge is 0.317 e. The summed E-state index contributed by atoms with van der Waals surface area (Å²) in [6.45, 7) is 7.07. The van der Waals surface area contributed by atoms with Crippen LogP contribution >= 0.6 is 0 Å². The largest absolute Gasteiger partial charge is 0.481 e. The number of amides is 2. The number of hydrogen-bond donors (Lipinski definition) is 1. The molecule has 3 heterocycles. The second-order valence-corrected chi connectivity index (χ2v) is 6.71. The van der Waals surface area contributed by atoms with Crippen LogP contribution in [0.15, 0.2) is 18.3 Å². The average molecular weight is 348 g/mol. The second kappa shape index (κ2) is 9.01. The molecule has 0 atom stereocenters. The predicted molar refractivity (Wildman–Crippen MR) is 94.6 cm³/mol. The molecule has 0 saturated carbocycles. The molecule has 2 aliphatic rings. The van der Waals surface area contributed by atoms with Crippen molar-refractivity contribution in [1.29, 1.82) is 0 Å². The van der Waals surface area contributed by atoms with Gasteiger partial charge in [-0.25, -0.2) is 9.78 Å². The summed E-state index contributed by atoms with van der Waals surface area (Å²) in [7, 11) is 1.59. The normalized spacial score (nSPS) is 19.6. The van der Waals surface area contributed by atoms with Gasteiger partial charge in [-0.2, -0.15) is 0 Å². The minimum Gasteiger partial charge on any atom is -0.481 e. The molecule has 0 bridgehead atoms. The second-order valence-electron chi connectivity index (χ2n) is 6.71. The van der Waals surface area contributed by atoms with Crippen molar-refractivity contribution < 1.29 is 14.3 Å². The lowest BCUT2D eigenvalue weighted by atomic mass is 9.96. The lowest BCUT2D eigenvalue weighted by Crippen LogP contribution is -2.47. The lowest BCUT2D eigenvalue weighted by Gasteiger charge is -2.36. The maximum Gasteiger partial charge on any atom is 0.317 e. The topological polar surface area (TPSA) is 66.9 Å². The van der Waals surface area contributed by atoms with Crippen LogP contribution in [0.4, 0.5) is 4.79 Å². The number of pyridine rings is 1. The van der Waals surface area contributed by atoms with Crippen molar-refractivity contribution in [3.63, 3.8) is 0 Å². The van der Waals surface area contributed by atoms with E-state index in [1.165, 1.54) is 0 Å². The van der Waals surface area contributed by atoms with E-state index >= 15 is 0 Å². The molecule has 0 unspecified atom stereocenters. The minimum absolute atomic E-state index is 0.0144. The van der Waals surface area contributed by atoms with Gasteiger partial charge in [0.15, 0.2) is 0 Å². The standard InChI is InChI=1S/C18H28N4O3/c1-24-17-12-16(2-5-19-17)13-20-18(23)22-6-3-15(4-7-22)14-21-8-10-25-11-9-21/h2,5,12,15H,3-4,6-11,13-14H2,1H3,(H,20,23). The van der Waals surface area contributed by atoms with Gasteiger partial charge in [0.2, 0.25) is 5.88 Å². The molecule has 2 aliphatic heterocycles. The Balaban J connectivity index is 1.39. The highest BCUT2D eigenvalue weighted by atomic mass is 16.5. The molecule has 138 valence electrons. The van der Waals surface area contributed by atoms with Crippen molar-refractivity contribution >= 4 is 6.03 Å². The van der Waals surface area contributed by atoms with Gasteiger partial charge in [-0.1, -0.05) is 0 Å². The molecule has 2 amide bonds. The molecule has 1 aromatic heterocycles. The number of rotatable bonds is 5. The summed E-state index contributed by atoms with van der Waals surface area (Å²) in [4.78, 5) is 20.8. The highest BCUT2D eigenvalue weighted by Crippen LogP contribution is 2.19. The van der Waals surface area contributed by atoms with Crippen LogP contribution in [0.1, 0.15) is 18.4 Å². The molecular formula is C18H28N4O3. The molecule has 1 aromatic rings. The summed E-state index contributed by atoms with van der Waals surface area (Å²) in [6, 6.07) is 3.74. The van der Waals surface area contributed by atoms with Crippen LogP contribution in [-0.2, 0) is 11.3 Å². The Morgan fingerprint density at radius 3 is 2.80 bits per heavy atom. The third-order valence-corrected chi connectivity index (χ3v) is 4.97. The van der Waals surface area contributed by atoms with E-state index in [1.807, 2.05) is 17.0 Å². The SMILES string of the molecule is COc1cc(CNC(=O)N2CCC(CN3CCOCC3)CC2)ccn1. The van der Waals surface area contributed by atoms with Crippen molar-refractivity contribution in [2.24, 2.45) is 5.92 Å². The zero-order chi connectivity index (χ0) is 17.5. The molecule has 2 fully saturated rings. The van der Waals surface area contributed by atoms with E-state index in [0.29, 0.717) is 18.3 Å². The van der Waals surface area contributed by atoms with Crippen molar-refractivity contribution in [2.45, 2.75) is 19.4 Å². The van der Waals surface area contributed by atoms with E-state index in [1.54, 1.807) is 13.3 Å². The molecule has 0 aliphatic carbocycles. The van der Waals surface area contributed by atoms with Crippen LogP contribution in [0.3, 0.4) is 0 Å². The molecule has 2 saturated heterocycles. The van der Waals surface area contributed by atoms with Crippen molar-refractivity contribution in [2.75, 3.05) is 53.0 Å². The number of urea groups is 1. The number of carbonyl (C=O) groups is 1. The quantitative estimate of drug-likeness (QED) is 0.870. The third kappa shape index (κ3) is 5.31. The first-order valence-electron chi connectivity index (χ1n) is 9.06. The first-order chi connectivity index (χ1) is 12.2. The van der Waals surface area contributed by atoms with Crippen molar-refractivity contribution in [3.05, 3.63) is 23.9 Å². The molecule has 7 nitrogen and oxygen atoms in total. The summed E-state index contributed by atoms with van der Waals surface area (Å²) < 4.78 is 10.5. The summed E-state index contributed by atoms with van der Waals surface area (Å²) in [5, 5.41) is 2.99. The molecule has 3 rings (SSSR count). The zero-order valence-electron chi connectivity index (χ0n) is 14.9. The number of piperidine rings is 1. The Labute approximate surface area is 149 Å². The number of methoxy groups -OCH3 is 1. The highest BCUT2D eigenvalue weighted by molar-refractivity contribution is 5.74. The van der Waals surface area contributed by atoms with Gasteiger partial charge in [0, 0.05) is 51.5 Å². The van der Waals surface area contributed by atoms with Gasteiger partial charge >= 0.3 is 6.03 Å². The van der Waals surface area contributed by atoms with Gasteiger partial charge in [0.1, 0.15) is 0 Å². The third-order valence-electron chi connectivity index (χ3n) is 4.97. The average Bonchev–Trinajstić information content (AvgIpc) is 2.67. The van der Waals surface area contributed by atoms with Gasteiger partial charge < -0.3 is 19.7 Å². The van der Waals surface area contributed by atoms with Gasteiger partial charge in [0.05, 0.1) is 20.3 Å². The summed E-state index contributed by atoms with van der Waals surface area (Å²) >= 11 is 0. The van der Waals surface area contributed by atoms with E-state index in [9.17, 15) is 4.79 Å². The highest BCUT2D eigenvalue weighted by Gasteiger charge is 2.24. The van der Waals surface area contributed by atoms with Crippen LogP contribution < -0.4 is 10.1 Å². The Kier molecular flexibility index (Phi) is 6.47. The Bertz CT molecular complexity index is 555. The summed E-state index contributed by atoms with van der Waals surface area (Å²) in [6.07, 6.45) is 3.85. The number of nitrogens with one attached hydrogen (secondary N) is 1. The predicted octanol–water partition coefficient (Wildman–Crippen LogP) is 1.34. The van der Waals surface area contributed by atoms with Crippen LogP contribution in [0.25, 0.3) is 0 Å². The number of ether oxygens (including phenoxy) is 2. The molecule has 1 N–H and O–H groups in total. The first kappa shape index (κ1) is 17.9. The number of morpholine rings is 1. The van der Waals surface area contributed by atoms with Crippen LogP contribution in [0, 0.1) is 5.92 Å². The maximum absolute atomic E-state index is 12.4. The van der Waals surface area contributed by atoms with E-state index in [-0.39, 0.29) is 6.03 Å². The monoisotopic (exact) mass is 348 g/mol. The van der Waals surface area contributed by atoms with Crippen molar-refractivity contribution in [3.8, 4) is 5.88 Å². The van der Waals surface area contributed by atoms with Crippen LogP contribution in [0.2, 0.25) is 0 Å². The van der Waals surface area contributed by atoms with Gasteiger partial charge in [-0.3, -0.25) is 4.90 Å². The summed E-state index contributed by atoms with van der Waals surface area (Å²) in [5.41, 5.74) is 0.988. The first-order valence-corrected chi connectivity index (χ1v) is 9.06. The number of nitrogens with zero attached hydrogens (tertiary/aromatic N) is 3. The van der Waals surface area contributed by atoms with E-state index in [2.05, 4.69) is 15.2 Å². The van der Waals surface area contributed by atoms with Crippen molar-refractivity contribution in [1.82, 2.24) is 20.1 Å². The fourth-order valence-corrected chi connectivity index (χ4v) is 3.43. The van der Waals surface area contributed by atoms with E-state index in [0.717, 1.165) is 64.3 Å². The van der Waals surface area contributed by atoms with Crippen LogP contribution in [0.5, 0.6) is 5.88 Å². The molecule has 0 spiro atoms.